The van der Waals surface area contributed by atoms with E-state index < -0.39 is 0 Å². The standard InChI is InChI=1S/C8H13N.W/c1-7(2)5-6-8(3)9-4;/h6-7H,4H2,1-3H3;/b8-6-;. The minimum absolute atomic E-state index is 0.645. The van der Waals surface area contributed by atoms with Crippen LogP contribution in [0.3, 0.4) is 0 Å². The van der Waals surface area contributed by atoms with Gasteiger partial charge in [-0.05, 0) is 0 Å². The summed E-state index contributed by atoms with van der Waals surface area (Å²) < 4.78 is 1.44. The monoisotopic (exact) mass is 307 g/mol. The third-order valence-electron chi connectivity index (χ3n) is 1.17. The zero-order valence-corrected chi connectivity index (χ0v) is 9.65. The maximum absolute atomic E-state index is 3.81. The average Bonchev–Trinajstić information content (AvgIpc) is 1.87. The Hall–Kier alpha value is -0.0317. The zero-order valence-electron chi connectivity index (χ0n) is 6.72. The molecule has 10 heavy (non-hydrogen) atoms. The maximum atomic E-state index is 3.81. The summed E-state index contributed by atoms with van der Waals surface area (Å²) in [6, 6.07) is 0. The second kappa shape index (κ2) is 4.73. The molecule has 0 aromatic heterocycles. The number of hydrogen-bond donors (Lipinski definition) is 0. The molecule has 0 radical (unpaired) electrons. The first-order valence-corrected chi connectivity index (χ1v) is 4.73. The van der Waals surface area contributed by atoms with Crippen LogP contribution in [0.1, 0.15) is 20.8 Å². The van der Waals surface area contributed by atoms with Crippen LogP contribution < -0.4 is 0 Å². The Balaban J connectivity index is 4.13. The first-order valence-electron chi connectivity index (χ1n) is 3.26. The van der Waals surface area contributed by atoms with Gasteiger partial charge in [0.1, 0.15) is 0 Å². The van der Waals surface area contributed by atoms with Gasteiger partial charge in [-0.1, -0.05) is 0 Å². The summed E-state index contributed by atoms with van der Waals surface area (Å²) in [6.07, 6.45) is 2.10. The van der Waals surface area contributed by atoms with Crippen molar-refractivity contribution in [3.05, 3.63) is 11.8 Å². The molecule has 0 aliphatic rings. The quantitative estimate of drug-likeness (QED) is 0.707. The van der Waals surface area contributed by atoms with Crippen molar-refractivity contribution in [1.29, 1.82) is 0 Å². The summed E-state index contributed by atoms with van der Waals surface area (Å²) in [7, 11) is 0. The molecule has 0 saturated heterocycles. The number of aliphatic imine (C=N–C) groups is 1. The van der Waals surface area contributed by atoms with Gasteiger partial charge in [0.15, 0.2) is 0 Å². The third kappa shape index (κ3) is 3.89. The van der Waals surface area contributed by atoms with Crippen LogP contribution in [0.2, 0.25) is 0 Å². The van der Waals surface area contributed by atoms with Gasteiger partial charge in [-0.25, -0.2) is 0 Å². The fourth-order valence-electron chi connectivity index (χ4n) is 0.418. The van der Waals surface area contributed by atoms with Crippen LogP contribution in [0.25, 0.3) is 0 Å². The van der Waals surface area contributed by atoms with Crippen LogP contribution in [0.15, 0.2) is 16.8 Å². The van der Waals surface area contributed by atoms with Crippen molar-refractivity contribution in [3.8, 4) is 0 Å². The van der Waals surface area contributed by atoms with Gasteiger partial charge in [-0.2, -0.15) is 0 Å². The molecule has 1 nitrogen and oxygen atoms in total. The van der Waals surface area contributed by atoms with Gasteiger partial charge in [-0.3, -0.25) is 0 Å². The first-order chi connectivity index (χ1) is 4.57. The van der Waals surface area contributed by atoms with E-state index >= 15 is 0 Å². The summed E-state index contributed by atoms with van der Waals surface area (Å²) in [5.41, 5.74) is 1.01. The molecule has 0 aromatic carbocycles. The van der Waals surface area contributed by atoms with Crippen LogP contribution >= 0.6 is 0 Å². The van der Waals surface area contributed by atoms with Crippen molar-refractivity contribution in [3.63, 3.8) is 0 Å². The van der Waals surface area contributed by atoms with E-state index in [9.17, 15) is 0 Å². The van der Waals surface area contributed by atoms with E-state index in [2.05, 4.69) is 31.6 Å². The van der Waals surface area contributed by atoms with Crippen LogP contribution in [0.4, 0.5) is 0 Å². The molecule has 0 spiro atoms. The van der Waals surface area contributed by atoms with Crippen molar-refractivity contribution in [2.45, 2.75) is 20.8 Å². The number of hydrogen-bond acceptors (Lipinski definition) is 1. The van der Waals surface area contributed by atoms with Gasteiger partial charge in [0.25, 0.3) is 0 Å². The molecular formula is C8H13NW. The van der Waals surface area contributed by atoms with E-state index in [1.807, 2.05) is 6.92 Å². The first kappa shape index (κ1) is 9.97. The van der Waals surface area contributed by atoms with E-state index in [1.165, 1.54) is 23.3 Å². The normalized spacial score (nSPS) is 11.8. The summed E-state index contributed by atoms with van der Waals surface area (Å²) in [5.74, 6) is 0.645. The van der Waals surface area contributed by atoms with Gasteiger partial charge in [0, 0.05) is 0 Å². The number of allylic oxidation sites excluding steroid dienone is 2. The minimum atomic E-state index is 0.645. The Bertz CT molecular complexity index is 168. The molecule has 0 aromatic rings. The van der Waals surface area contributed by atoms with Crippen molar-refractivity contribution >= 4 is 10.6 Å². The Morgan fingerprint density at radius 2 is 2.10 bits per heavy atom. The topological polar surface area (TPSA) is 12.4 Å². The predicted octanol–water partition coefficient (Wildman–Crippen LogP) is 1.97. The SMILES string of the molecule is C=N/C(C)=C\[C](=[W])C(C)C. The molecule has 0 bridgehead atoms. The molecule has 0 fully saturated rings. The molecule has 0 atom stereocenters. The summed E-state index contributed by atoms with van der Waals surface area (Å²) in [5, 5.41) is 0. The second-order valence-corrected chi connectivity index (χ2v) is 4.19. The van der Waals surface area contributed by atoms with E-state index in [0.717, 1.165) is 5.70 Å². The van der Waals surface area contributed by atoms with Gasteiger partial charge >= 0.3 is 73.4 Å². The van der Waals surface area contributed by atoms with E-state index in [4.69, 9.17) is 0 Å². The molecule has 0 heterocycles. The molecule has 0 N–H and O–H groups in total. The summed E-state index contributed by atoms with van der Waals surface area (Å²) in [6.45, 7) is 9.80. The second-order valence-electron chi connectivity index (χ2n) is 2.50. The Labute approximate surface area is 73.7 Å². The Morgan fingerprint density at radius 3 is 2.40 bits per heavy atom. The fraction of sp³-hybridized carbons (Fsp3) is 0.500. The van der Waals surface area contributed by atoms with Crippen molar-refractivity contribution in [1.82, 2.24) is 0 Å². The zero-order chi connectivity index (χ0) is 8.15. The van der Waals surface area contributed by atoms with Gasteiger partial charge in [0.05, 0.1) is 0 Å². The molecule has 0 rings (SSSR count). The molecule has 0 aliphatic carbocycles. The van der Waals surface area contributed by atoms with Crippen LogP contribution in [-0.2, 0) is 19.4 Å². The van der Waals surface area contributed by atoms with Gasteiger partial charge in [-0.15, -0.1) is 0 Å². The molecule has 2 heteroatoms. The number of rotatable bonds is 3. The van der Waals surface area contributed by atoms with Gasteiger partial charge in [0.2, 0.25) is 0 Å². The molecule has 0 saturated carbocycles. The van der Waals surface area contributed by atoms with Crippen LogP contribution in [0, 0.1) is 5.92 Å². The van der Waals surface area contributed by atoms with Crippen molar-refractivity contribution in [2.75, 3.05) is 0 Å². The predicted molar refractivity (Wildman–Crippen MR) is 43.2 cm³/mol. The van der Waals surface area contributed by atoms with E-state index in [1.54, 1.807) is 0 Å². The Morgan fingerprint density at radius 1 is 1.60 bits per heavy atom. The molecule has 56 valence electrons. The van der Waals surface area contributed by atoms with E-state index in [0.29, 0.717) is 5.92 Å². The summed E-state index contributed by atoms with van der Waals surface area (Å²) in [4.78, 5) is 3.81. The van der Waals surface area contributed by atoms with Gasteiger partial charge < -0.3 is 0 Å². The van der Waals surface area contributed by atoms with Crippen molar-refractivity contribution < 1.29 is 19.4 Å². The van der Waals surface area contributed by atoms with Crippen molar-refractivity contribution in [2.24, 2.45) is 10.9 Å². The third-order valence-corrected chi connectivity index (χ3v) is 3.29. The van der Waals surface area contributed by atoms with E-state index in [-0.39, 0.29) is 0 Å². The number of nitrogens with zero attached hydrogens (tertiary/aromatic N) is 1. The molecular weight excluding hydrogens is 294 g/mol. The molecule has 0 amide bonds. The average molecular weight is 307 g/mol. The molecule has 0 unspecified atom stereocenters. The van der Waals surface area contributed by atoms with Crippen LogP contribution in [0.5, 0.6) is 0 Å². The summed E-state index contributed by atoms with van der Waals surface area (Å²) >= 11 is 1.52. The Kier molecular flexibility index (Phi) is 4.72. The van der Waals surface area contributed by atoms with Crippen LogP contribution in [-0.4, -0.2) is 10.6 Å². The fourth-order valence-corrected chi connectivity index (χ4v) is 1.03. The molecule has 0 aliphatic heterocycles.